The van der Waals surface area contributed by atoms with Crippen LogP contribution in [0.1, 0.15) is 6.42 Å². The van der Waals surface area contributed by atoms with E-state index in [0.717, 1.165) is 0 Å². The molecule has 1 aliphatic rings. The lowest BCUT2D eigenvalue weighted by atomic mass is 10.1. The number of carbonyl (C=O) groups is 3. The van der Waals surface area contributed by atoms with Gasteiger partial charge in [-0.1, -0.05) is 29.8 Å². The van der Waals surface area contributed by atoms with Crippen LogP contribution in [0.4, 0.5) is 11.4 Å². The quantitative estimate of drug-likeness (QED) is 0.514. The van der Waals surface area contributed by atoms with Crippen LogP contribution in [0.3, 0.4) is 0 Å². The van der Waals surface area contributed by atoms with Crippen LogP contribution in [0, 0.1) is 5.92 Å². The van der Waals surface area contributed by atoms with E-state index in [1.807, 2.05) is 30.3 Å². The van der Waals surface area contributed by atoms with Gasteiger partial charge in [0.1, 0.15) is 11.5 Å². The first-order valence-electron chi connectivity index (χ1n) is 10.3. The molecule has 0 saturated carbocycles. The molecule has 7 nitrogen and oxygen atoms in total. The highest BCUT2D eigenvalue weighted by Gasteiger charge is 2.36. The fourth-order valence-corrected chi connectivity index (χ4v) is 3.54. The van der Waals surface area contributed by atoms with Gasteiger partial charge in [-0.05, 0) is 60.7 Å². The number of anilines is 2. The van der Waals surface area contributed by atoms with Gasteiger partial charge in [-0.2, -0.15) is 0 Å². The number of ether oxygens (including phenoxy) is 2. The fourth-order valence-electron chi connectivity index (χ4n) is 3.42. The minimum absolute atomic E-state index is 0.0337. The van der Waals surface area contributed by atoms with E-state index in [9.17, 15) is 14.4 Å². The van der Waals surface area contributed by atoms with Gasteiger partial charge in [-0.25, -0.2) is 0 Å². The third-order valence-electron chi connectivity index (χ3n) is 5.06. The summed E-state index contributed by atoms with van der Waals surface area (Å²) in [6.45, 7) is -0.240. The number of esters is 1. The lowest BCUT2D eigenvalue weighted by molar-refractivity contribution is -0.151. The van der Waals surface area contributed by atoms with Gasteiger partial charge in [0.05, 0.1) is 5.92 Å². The van der Waals surface area contributed by atoms with Crippen molar-refractivity contribution in [1.82, 2.24) is 0 Å². The molecule has 0 spiro atoms. The van der Waals surface area contributed by atoms with E-state index in [4.69, 9.17) is 21.1 Å². The van der Waals surface area contributed by atoms with Crippen LogP contribution in [0.2, 0.25) is 5.02 Å². The molecule has 1 saturated heterocycles. The van der Waals surface area contributed by atoms with E-state index in [2.05, 4.69) is 5.32 Å². The molecule has 1 atom stereocenters. The number of nitrogens with zero attached hydrogens (tertiary/aromatic N) is 1. The van der Waals surface area contributed by atoms with Gasteiger partial charge in [0, 0.05) is 29.4 Å². The van der Waals surface area contributed by atoms with E-state index in [1.165, 1.54) is 4.90 Å². The molecular weight excluding hydrogens is 444 g/mol. The summed E-state index contributed by atoms with van der Waals surface area (Å²) in [6, 6.07) is 23.0. The van der Waals surface area contributed by atoms with Gasteiger partial charge in [-0.3, -0.25) is 14.4 Å². The Balaban J connectivity index is 1.24. The van der Waals surface area contributed by atoms with Crippen molar-refractivity contribution in [3.63, 3.8) is 0 Å². The molecule has 4 rings (SSSR count). The van der Waals surface area contributed by atoms with Gasteiger partial charge in [0.2, 0.25) is 5.91 Å². The third-order valence-corrected chi connectivity index (χ3v) is 5.31. The first-order valence-corrected chi connectivity index (χ1v) is 10.7. The van der Waals surface area contributed by atoms with Crippen molar-refractivity contribution in [2.45, 2.75) is 6.42 Å². The van der Waals surface area contributed by atoms with Crippen molar-refractivity contribution in [2.75, 3.05) is 23.4 Å². The Morgan fingerprint density at radius 2 is 1.61 bits per heavy atom. The molecular formula is C25H21ClN2O5. The number of hydrogen-bond acceptors (Lipinski definition) is 5. The lowest BCUT2D eigenvalue weighted by Crippen LogP contribution is -2.28. The van der Waals surface area contributed by atoms with E-state index < -0.39 is 24.4 Å². The maximum absolute atomic E-state index is 12.4. The zero-order chi connectivity index (χ0) is 23.2. The van der Waals surface area contributed by atoms with Crippen LogP contribution < -0.4 is 15.0 Å². The Hall–Kier alpha value is -3.84. The monoisotopic (exact) mass is 464 g/mol. The maximum Gasteiger partial charge on any atom is 0.311 e. The lowest BCUT2D eigenvalue weighted by Gasteiger charge is -2.16. The number of halogens is 1. The molecule has 1 fully saturated rings. The van der Waals surface area contributed by atoms with Crippen LogP contribution in [0.15, 0.2) is 78.9 Å². The summed E-state index contributed by atoms with van der Waals surface area (Å²) in [5.74, 6) is -0.527. The number of carbonyl (C=O) groups excluding carboxylic acids is 3. The van der Waals surface area contributed by atoms with Crippen molar-refractivity contribution >= 4 is 40.8 Å². The molecule has 0 aromatic heterocycles. The molecule has 33 heavy (non-hydrogen) atoms. The van der Waals surface area contributed by atoms with Gasteiger partial charge >= 0.3 is 5.97 Å². The third kappa shape index (κ3) is 5.90. The van der Waals surface area contributed by atoms with Crippen LogP contribution in [-0.2, 0) is 19.1 Å². The minimum Gasteiger partial charge on any atom is -0.457 e. The zero-order valence-corrected chi connectivity index (χ0v) is 18.3. The molecule has 8 heteroatoms. The largest absolute Gasteiger partial charge is 0.457 e. The summed E-state index contributed by atoms with van der Waals surface area (Å²) in [7, 11) is 0. The first-order chi connectivity index (χ1) is 16.0. The second-order valence-electron chi connectivity index (χ2n) is 7.48. The minimum atomic E-state index is -0.629. The normalized spacial score (nSPS) is 15.2. The Morgan fingerprint density at radius 1 is 0.939 bits per heavy atom. The van der Waals surface area contributed by atoms with Gasteiger partial charge in [0.25, 0.3) is 5.91 Å². The number of benzene rings is 3. The van der Waals surface area contributed by atoms with E-state index in [0.29, 0.717) is 27.9 Å². The first kappa shape index (κ1) is 22.4. The standard InChI is InChI=1S/C25H21ClN2O5/c26-18-6-10-20(11-7-18)28-15-17(14-24(28)30)25(31)32-16-23(29)27-19-8-12-22(13-9-19)33-21-4-2-1-3-5-21/h1-13,17H,14-16H2,(H,27,29)/t17-/m1/s1. The van der Waals surface area contributed by atoms with Crippen LogP contribution in [-0.4, -0.2) is 30.9 Å². The Bertz CT molecular complexity index is 1130. The van der Waals surface area contributed by atoms with Crippen molar-refractivity contribution in [1.29, 1.82) is 0 Å². The number of para-hydroxylation sites is 1. The van der Waals surface area contributed by atoms with Crippen LogP contribution in [0.5, 0.6) is 11.5 Å². The summed E-state index contributed by atoms with van der Waals surface area (Å²) in [4.78, 5) is 38.4. The fraction of sp³-hybridized carbons (Fsp3) is 0.160. The molecule has 3 aromatic carbocycles. The second kappa shape index (κ2) is 10.2. The molecule has 0 bridgehead atoms. The average Bonchev–Trinajstić information content (AvgIpc) is 3.21. The summed E-state index contributed by atoms with van der Waals surface area (Å²) >= 11 is 5.88. The predicted octanol–water partition coefficient (Wildman–Crippen LogP) is 4.67. The highest BCUT2D eigenvalue weighted by Crippen LogP contribution is 2.27. The summed E-state index contributed by atoms with van der Waals surface area (Å²) in [5.41, 5.74) is 1.21. The predicted molar refractivity (Wildman–Crippen MR) is 124 cm³/mol. The Kier molecular flexibility index (Phi) is 6.90. The van der Waals surface area contributed by atoms with E-state index in [1.54, 1.807) is 48.5 Å². The van der Waals surface area contributed by atoms with Crippen molar-refractivity contribution in [3.8, 4) is 11.5 Å². The highest BCUT2D eigenvalue weighted by atomic mass is 35.5. The second-order valence-corrected chi connectivity index (χ2v) is 7.91. The zero-order valence-electron chi connectivity index (χ0n) is 17.6. The van der Waals surface area contributed by atoms with Crippen molar-refractivity contribution in [3.05, 3.63) is 83.9 Å². The number of rotatable bonds is 7. The van der Waals surface area contributed by atoms with Gasteiger partial charge < -0.3 is 19.7 Å². The summed E-state index contributed by atoms with van der Waals surface area (Å²) in [6.07, 6.45) is 0.0337. The molecule has 1 aliphatic heterocycles. The molecule has 1 heterocycles. The molecule has 2 amide bonds. The number of nitrogens with one attached hydrogen (secondary N) is 1. The van der Waals surface area contributed by atoms with E-state index in [-0.39, 0.29) is 18.9 Å². The van der Waals surface area contributed by atoms with E-state index >= 15 is 0 Å². The number of hydrogen-bond donors (Lipinski definition) is 1. The highest BCUT2D eigenvalue weighted by molar-refractivity contribution is 6.30. The Labute approximate surface area is 195 Å². The molecule has 0 unspecified atom stereocenters. The molecule has 3 aromatic rings. The van der Waals surface area contributed by atoms with Crippen LogP contribution in [0.25, 0.3) is 0 Å². The number of amides is 2. The van der Waals surface area contributed by atoms with Gasteiger partial charge in [-0.15, -0.1) is 0 Å². The topological polar surface area (TPSA) is 84.9 Å². The smallest absolute Gasteiger partial charge is 0.311 e. The van der Waals surface area contributed by atoms with Crippen LogP contribution >= 0.6 is 11.6 Å². The molecule has 1 N–H and O–H groups in total. The molecule has 0 aliphatic carbocycles. The maximum atomic E-state index is 12.4. The molecule has 168 valence electrons. The molecule has 0 radical (unpaired) electrons. The SMILES string of the molecule is O=C(COC(=O)[C@@H]1CC(=O)N(c2ccc(Cl)cc2)C1)Nc1ccc(Oc2ccccc2)cc1. The summed E-state index contributed by atoms with van der Waals surface area (Å²) in [5, 5.41) is 3.23. The Morgan fingerprint density at radius 3 is 2.30 bits per heavy atom. The van der Waals surface area contributed by atoms with Crippen molar-refractivity contribution in [2.24, 2.45) is 5.92 Å². The van der Waals surface area contributed by atoms with Gasteiger partial charge in [0.15, 0.2) is 6.61 Å². The van der Waals surface area contributed by atoms with Crippen molar-refractivity contribution < 1.29 is 23.9 Å². The average molecular weight is 465 g/mol. The summed E-state index contributed by atoms with van der Waals surface area (Å²) < 4.78 is 10.8.